The van der Waals surface area contributed by atoms with Crippen LogP contribution in [0.15, 0.2) is 0 Å². The molecule has 0 bridgehead atoms. The first-order valence-corrected chi connectivity index (χ1v) is 3.53. The van der Waals surface area contributed by atoms with Gasteiger partial charge in [0, 0.05) is 0 Å². The Bertz CT molecular complexity index is 97.0. The minimum absolute atomic E-state index is 0.308. The molecule has 4 heteroatoms. The second-order valence-corrected chi connectivity index (χ2v) is 2.74. The van der Waals surface area contributed by atoms with Crippen molar-refractivity contribution in [1.82, 2.24) is 0 Å². The first-order valence-electron chi connectivity index (χ1n) is 2.61. The molecule has 0 aliphatic heterocycles. The van der Waals surface area contributed by atoms with Crippen molar-refractivity contribution in [2.45, 2.75) is 17.7 Å². The minimum atomic E-state index is -0.927. The topological polar surface area (TPSA) is 37.3 Å². The Hall–Kier alpha value is -0.120. The van der Waals surface area contributed by atoms with Crippen LogP contribution in [0, 0.1) is 0 Å². The van der Waals surface area contributed by atoms with Gasteiger partial charge in [0.1, 0.15) is 4.83 Å². The maximum absolute atomic E-state index is 11.4. The number of carboxylic acids is 1. The molecule has 0 aliphatic rings. The number of hydrogen-bond donors (Lipinski definition) is 1. The van der Waals surface area contributed by atoms with Crippen LogP contribution in [0.1, 0.15) is 12.8 Å². The van der Waals surface area contributed by atoms with Crippen LogP contribution in [0.2, 0.25) is 0 Å². The molecule has 1 unspecified atom stereocenters. The summed E-state index contributed by atoms with van der Waals surface area (Å²) in [5.41, 5.74) is 0. The Kier molecular flexibility index (Phi) is 4.67. The summed E-state index contributed by atoms with van der Waals surface area (Å²) in [5, 5.41) is 8.24. The average Bonchev–Trinajstić information content (AvgIpc) is 1.82. The summed E-state index contributed by atoms with van der Waals surface area (Å²) in [6.07, 6.45) is 0.661. The summed E-state index contributed by atoms with van der Waals surface area (Å²) in [4.78, 5) is 9.45. The van der Waals surface area contributed by atoms with E-state index >= 15 is 0 Å². The number of carboxylic acid groups (broad SMARTS) is 1. The van der Waals surface area contributed by atoms with E-state index in [0.717, 1.165) is 0 Å². The summed E-state index contributed by atoms with van der Waals surface area (Å²) in [6, 6.07) is 0. The number of alkyl halides is 2. The molecule has 0 aromatic carbocycles. The molecular weight excluding hydrogens is 191 g/mol. The lowest BCUT2D eigenvalue weighted by Gasteiger charge is -1.99. The van der Waals surface area contributed by atoms with E-state index in [1.54, 1.807) is 0 Å². The maximum Gasteiger partial charge on any atom is 0.317 e. The van der Waals surface area contributed by atoms with Crippen LogP contribution in [0.5, 0.6) is 0 Å². The Morgan fingerprint density at radius 2 is 2.33 bits per heavy atom. The van der Waals surface area contributed by atoms with Gasteiger partial charge in [0.25, 0.3) is 0 Å². The molecule has 0 fully saturated rings. The van der Waals surface area contributed by atoms with Gasteiger partial charge in [-0.1, -0.05) is 15.9 Å². The van der Waals surface area contributed by atoms with Crippen LogP contribution in [0.3, 0.4) is 0 Å². The van der Waals surface area contributed by atoms with E-state index in [2.05, 4.69) is 15.9 Å². The van der Waals surface area contributed by atoms with Crippen molar-refractivity contribution in [1.29, 1.82) is 0 Å². The lowest BCUT2D eigenvalue weighted by Crippen LogP contribution is -2.12. The second kappa shape index (κ2) is 4.73. The summed E-state index contributed by atoms with van der Waals surface area (Å²) in [6.45, 7) is -0.449. The molecule has 0 amide bonds. The summed E-state index contributed by atoms with van der Waals surface area (Å²) >= 11 is 2.88. The molecule has 0 aliphatic carbocycles. The van der Waals surface area contributed by atoms with Crippen LogP contribution in [-0.4, -0.2) is 22.6 Å². The highest BCUT2D eigenvalue weighted by molar-refractivity contribution is 9.10. The Morgan fingerprint density at radius 1 is 1.78 bits per heavy atom. The first-order chi connectivity index (χ1) is 4.18. The zero-order valence-electron chi connectivity index (χ0n) is 4.81. The molecule has 1 atom stereocenters. The van der Waals surface area contributed by atoms with Gasteiger partial charge in [-0.2, -0.15) is 0 Å². The van der Waals surface area contributed by atoms with E-state index in [4.69, 9.17) is 5.11 Å². The van der Waals surface area contributed by atoms with Crippen molar-refractivity contribution < 1.29 is 14.3 Å². The van der Waals surface area contributed by atoms with E-state index in [1.807, 2.05) is 0 Å². The molecule has 0 rings (SSSR count). The van der Waals surface area contributed by atoms with Crippen molar-refractivity contribution >= 4 is 21.9 Å². The molecule has 0 saturated heterocycles. The van der Waals surface area contributed by atoms with Gasteiger partial charge in [0.05, 0.1) is 6.67 Å². The van der Waals surface area contributed by atoms with Crippen molar-refractivity contribution in [2.75, 3.05) is 6.67 Å². The fourth-order valence-corrected chi connectivity index (χ4v) is 0.704. The van der Waals surface area contributed by atoms with Gasteiger partial charge in [-0.25, -0.2) is 0 Å². The predicted molar refractivity (Wildman–Crippen MR) is 35.6 cm³/mol. The van der Waals surface area contributed by atoms with Gasteiger partial charge in [0.15, 0.2) is 0 Å². The van der Waals surface area contributed by atoms with Crippen LogP contribution >= 0.6 is 15.9 Å². The highest BCUT2D eigenvalue weighted by Gasteiger charge is 2.10. The van der Waals surface area contributed by atoms with Crippen molar-refractivity contribution in [2.24, 2.45) is 0 Å². The van der Waals surface area contributed by atoms with Crippen molar-refractivity contribution in [3.63, 3.8) is 0 Å². The standard InChI is InChI=1S/C5H8BrFO2/c6-4(5(8)9)2-1-3-7/h4H,1-3H2,(H,8,9). The Morgan fingerprint density at radius 3 is 2.67 bits per heavy atom. The van der Waals surface area contributed by atoms with Crippen molar-refractivity contribution in [3.8, 4) is 0 Å². The smallest absolute Gasteiger partial charge is 0.317 e. The largest absolute Gasteiger partial charge is 0.480 e. The summed E-state index contributed by atoms with van der Waals surface area (Å²) in [7, 11) is 0. The third kappa shape index (κ3) is 4.39. The minimum Gasteiger partial charge on any atom is -0.480 e. The zero-order chi connectivity index (χ0) is 7.28. The zero-order valence-corrected chi connectivity index (χ0v) is 6.40. The molecule has 1 N–H and O–H groups in total. The molecule has 0 radical (unpaired) electrons. The molecule has 9 heavy (non-hydrogen) atoms. The molecule has 0 aromatic heterocycles. The van der Waals surface area contributed by atoms with Gasteiger partial charge < -0.3 is 5.11 Å². The fourth-order valence-electron chi connectivity index (χ4n) is 0.380. The monoisotopic (exact) mass is 198 g/mol. The normalized spacial score (nSPS) is 13.1. The van der Waals surface area contributed by atoms with E-state index in [1.165, 1.54) is 0 Å². The summed E-state index contributed by atoms with van der Waals surface area (Å²) in [5.74, 6) is -0.927. The lowest BCUT2D eigenvalue weighted by atomic mass is 10.2. The maximum atomic E-state index is 11.4. The molecule has 0 saturated carbocycles. The SMILES string of the molecule is O=C(O)C(Br)CCCF. The van der Waals surface area contributed by atoms with Gasteiger partial charge in [-0.3, -0.25) is 9.18 Å². The highest BCUT2D eigenvalue weighted by Crippen LogP contribution is 2.07. The third-order valence-electron chi connectivity index (χ3n) is 0.859. The van der Waals surface area contributed by atoms with Crippen LogP contribution in [-0.2, 0) is 4.79 Å². The molecular formula is C5H8BrFO2. The second-order valence-electron chi connectivity index (χ2n) is 1.64. The highest BCUT2D eigenvalue weighted by atomic mass is 79.9. The van der Waals surface area contributed by atoms with Crippen LogP contribution < -0.4 is 0 Å². The number of hydrogen-bond acceptors (Lipinski definition) is 1. The molecule has 54 valence electrons. The average molecular weight is 199 g/mol. The molecule has 0 aromatic rings. The van der Waals surface area contributed by atoms with E-state index in [9.17, 15) is 9.18 Å². The Labute approximate surface area is 61.2 Å². The van der Waals surface area contributed by atoms with E-state index in [0.29, 0.717) is 12.8 Å². The Balaban J connectivity index is 3.27. The lowest BCUT2D eigenvalue weighted by molar-refractivity contribution is -0.136. The van der Waals surface area contributed by atoms with Gasteiger partial charge in [-0.05, 0) is 12.8 Å². The van der Waals surface area contributed by atoms with E-state index in [-0.39, 0.29) is 0 Å². The van der Waals surface area contributed by atoms with Crippen molar-refractivity contribution in [3.05, 3.63) is 0 Å². The van der Waals surface area contributed by atoms with Gasteiger partial charge in [-0.15, -0.1) is 0 Å². The van der Waals surface area contributed by atoms with Crippen LogP contribution in [0.4, 0.5) is 4.39 Å². The number of carbonyl (C=O) groups is 1. The summed E-state index contributed by atoms with van der Waals surface area (Å²) < 4.78 is 11.4. The van der Waals surface area contributed by atoms with Crippen LogP contribution in [0.25, 0.3) is 0 Å². The first kappa shape index (κ1) is 8.88. The van der Waals surface area contributed by atoms with Gasteiger partial charge >= 0.3 is 5.97 Å². The number of halogens is 2. The molecule has 2 nitrogen and oxygen atoms in total. The van der Waals surface area contributed by atoms with E-state index < -0.39 is 17.5 Å². The number of aliphatic carboxylic acids is 1. The predicted octanol–water partition coefficient (Wildman–Crippen LogP) is 1.58. The van der Waals surface area contributed by atoms with Gasteiger partial charge in [0.2, 0.25) is 0 Å². The fraction of sp³-hybridized carbons (Fsp3) is 0.800. The molecule has 0 heterocycles. The third-order valence-corrected chi connectivity index (χ3v) is 1.71. The quantitative estimate of drug-likeness (QED) is 0.698. The number of rotatable bonds is 4. The molecule has 0 spiro atoms.